The standard InChI is InChI=1S/C18H15F3N8O/c19-18(20,21)17-24-23-13-4-5-14(25-29(13)17)26-7-9-27(10-8-26)15-11-16(30)28-6-2-1-3-12(28)22-15/h1-6,11H,7-10H2. The summed E-state index contributed by atoms with van der Waals surface area (Å²) in [7, 11) is 0. The van der Waals surface area contributed by atoms with Crippen molar-refractivity contribution in [3.05, 3.63) is 58.8 Å². The number of pyridine rings is 1. The summed E-state index contributed by atoms with van der Waals surface area (Å²) >= 11 is 0. The summed E-state index contributed by atoms with van der Waals surface area (Å²) in [4.78, 5) is 20.7. The molecule has 0 amide bonds. The van der Waals surface area contributed by atoms with Crippen LogP contribution < -0.4 is 15.4 Å². The molecule has 5 heterocycles. The zero-order valence-corrected chi connectivity index (χ0v) is 15.5. The molecule has 0 aromatic carbocycles. The van der Waals surface area contributed by atoms with Gasteiger partial charge in [-0.2, -0.15) is 17.7 Å². The first-order valence-electron chi connectivity index (χ1n) is 9.18. The van der Waals surface area contributed by atoms with Crippen LogP contribution in [0.15, 0.2) is 47.4 Å². The Morgan fingerprint density at radius 1 is 0.867 bits per heavy atom. The number of hydrogen-bond acceptors (Lipinski definition) is 7. The van der Waals surface area contributed by atoms with Crippen LogP contribution >= 0.6 is 0 Å². The maximum absolute atomic E-state index is 13.1. The Morgan fingerprint density at radius 3 is 2.33 bits per heavy atom. The van der Waals surface area contributed by atoms with Crippen molar-refractivity contribution in [1.29, 1.82) is 0 Å². The summed E-state index contributed by atoms with van der Waals surface area (Å²) in [6.45, 7) is 2.11. The van der Waals surface area contributed by atoms with Gasteiger partial charge >= 0.3 is 6.18 Å². The number of hydrogen-bond donors (Lipinski definition) is 0. The molecule has 12 heteroatoms. The lowest BCUT2D eigenvalue weighted by Crippen LogP contribution is -2.47. The summed E-state index contributed by atoms with van der Waals surface area (Å²) < 4.78 is 41.5. The molecule has 4 aromatic rings. The third-order valence-electron chi connectivity index (χ3n) is 4.99. The van der Waals surface area contributed by atoms with Crippen molar-refractivity contribution in [2.45, 2.75) is 6.18 Å². The second kappa shape index (κ2) is 6.68. The van der Waals surface area contributed by atoms with Gasteiger partial charge in [0.25, 0.3) is 11.4 Å². The fourth-order valence-electron chi connectivity index (χ4n) is 3.49. The number of halogens is 3. The van der Waals surface area contributed by atoms with E-state index in [1.807, 2.05) is 15.9 Å². The zero-order valence-electron chi connectivity index (χ0n) is 15.5. The van der Waals surface area contributed by atoms with E-state index in [2.05, 4.69) is 20.3 Å². The highest BCUT2D eigenvalue weighted by atomic mass is 19.4. The molecule has 0 saturated carbocycles. The first-order chi connectivity index (χ1) is 14.4. The number of anilines is 2. The van der Waals surface area contributed by atoms with Crippen LogP contribution in [0.2, 0.25) is 0 Å². The molecule has 0 aliphatic carbocycles. The van der Waals surface area contributed by atoms with Gasteiger partial charge in [-0.1, -0.05) is 6.07 Å². The van der Waals surface area contributed by atoms with Gasteiger partial charge in [0, 0.05) is 38.4 Å². The molecule has 0 spiro atoms. The van der Waals surface area contributed by atoms with E-state index < -0.39 is 12.0 Å². The quantitative estimate of drug-likeness (QED) is 0.489. The number of nitrogens with zero attached hydrogens (tertiary/aromatic N) is 8. The lowest BCUT2D eigenvalue weighted by molar-refractivity contribution is -0.146. The maximum atomic E-state index is 13.1. The molecule has 4 aromatic heterocycles. The molecular formula is C18H15F3N8O. The van der Waals surface area contributed by atoms with Crippen molar-refractivity contribution >= 4 is 22.9 Å². The highest BCUT2D eigenvalue weighted by molar-refractivity contribution is 5.51. The molecule has 0 atom stereocenters. The molecule has 5 rings (SSSR count). The number of fused-ring (bicyclic) bond motifs is 2. The lowest BCUT2D eigenvalue weighted by Gasteiger charge is -2.35. The minimum absolute atomic E-state index is 0.0329. The van der Waals surface area contributed by atoms with E-state index >= 15 is 0 Å². The Balaban J connectivity index is 1.38. The Labute approximate surface area is 167 Å². The van der Waals surface area contributed by atoms with Crippen molar-refractivity contribution in [2.75, 3.05) is 36.0 Å². The van der Waals surface area contributed by atoms with E-state index in [1.165, 1.54) is 16.5 Å². The fourth-order valence-corrected chi connectivity index (χ4v) is 3.49. The first kappa shape index (κ1) is 18.3. The van der Waals surface area contributed by atoms with E-state index in [-0.39, 0.29) is 11.2 Å². The van der Waals surface area contributed by atoms with E-state index in [1.54, 1.807) is 24.4 Å². The predicted octanol–water partition coefficient (Wildman–Crippen LogP) is 1.48. The minimum atomic E-state index is -4.64. The molecule has 1 saturated heterocycles. The van der Waals surface area contributed by atoms with Crippen LogP contribution in [0.5, 0.6) is 0 Å². The van der Waals surface area contributed by atoms with E-state index in [9.17, 15) is 18.0 Å². The van der Waals surface area contributed by atoms with Gasteiger partial charge in [-0.15, -0.1) is 15.3 Å². The largest absolute Gasteiger partial charge is 0.453 e. The molecule has 154 valence electrons. The topological polar surface area (TPSA) is 83.9 Å². The highest BCUT2D eigenvalue weighted by Crippen LogP contribution is 2.28. The van der Waals surface area contributed by atoms with Gasteiger partial charge in [-0.05, 0) is 24.3 Å². The summed E-state index contributed by atoms with van der Waals surface area (Å²) in [5.74, 6) is -0.176. The van der Waals surface area contributed by atoms with Crippen LogP contribution in [-0.2, 0) is 6.18 Å². The van der Waals surface area contributed by atoms with Crippen LogP contribution in [0.1, 0.15) is 5.82 Å². The second-order valence-corrected chi connectivity index (χ2v) is 6.84. The van der Waals surface area contributed by atoms with Crippen LogP contribution in [-0.4, -0.2) is 55.4 Å². The third kappa shape index (κ3) is 3.09. The Hall–Kier alpha value is -3.70. The summed E-state index contributed by atoms with van der Waals surface area (Å²) in [6, 6.07) is 9.91. The number of rotatable bonds is 2. The van der Waals surface area contributed by atoms with E-state index in [4.69, 9.17) is 0 Å². The van der Waals surface area contributed by atoms with Gasteiger partial charge in [-0.3, -0.25) is 9.20 Å². The molecule has 1 aliphatic rings. The number of alkyl halides is 3. The van der Waals surface area contributed by atoms with Crippen LogP contribution in [0.25, 0.3) is 11.3 Å². The van der Waals surface area contributed by atoms with Gasteiger partial charge in [0.2, 0.25) is 0 Å². The predicted molar refractivity (Wildman–Crippen MR) is 102 cm³/mol. The SMILES string of the molecule is O=c1cc(N2CCN(c3ccc4nnc(C(F)(F)F)n4n3)CC2)nc2ccccn12. The first-order valence-corrected chi connectivity index (χ1v) is 9.18. The Kier molecular flexibility index (Phi) is 4.08. The Morgan fingerprint density at radius 2 is 1.60 bits per heavy atom. The van der Waals surface area contributed by atoms with Gasteiger partial charge < -0.3 is 9.80 Å². The molecule has 9 nitrogen and oxygen atoms in total. The Bertz CT molecular complexity index is 1290. The van der Waals surface area contributed by atoms with Crippen molar-refractivity contribution in [3.8, 4) is 0 Å². The van der Waals surface area contributed by atoms with Crippen LogP contribution in [0.4, 0.5) is 24.8 Å². The molecule has 1 fully saturated rings. The molecule has 0 unspecified atom stereocenters. The van der Waals surface area contributed by atoms with Crippen molar-refractivity contribution in [2.24, 2.45) is 0 Å². The number of piperazine rings is 1. The van der Waals surface area contributed by atoms with Gasteiger partial charge in [0.1, 0.15) is 17.3 Å². The minimum Gasteiger partial charge on any atom is -0.353 e. The molecule has 30 heavy (non-hydrogen) atoms. The van der Waals surface area contributed by atoms with Crippen molar-refractivity contribution < 1.29 is 13.2 Å². The van der Waals surface area contributed by atoms with Gasteiger partial charge in [0.15, 0.2) is 5.65 Å². The average Bonchev–Trinajstić information content (AvgIpc) is 3.18. The van der Waals surface area contributed by atoms with Crippen LogP contribution in [0, 0.1) is 0 Å². The van der Waals surface area contributed by atoms with Gasteiger partial charge in [-0.25, -0.2) is 4.98 Å². The number of aromatic nitrogens is 6. The molecular weight excluding hydrogens is 401 g/mol. The molecule has 0 bridgehead atoms. The van der Waals surface area contributed by atoms with E-state index in [0.717, 1.165) is 0 Å². The van der Waals surface area contributed by atoms with Gasteiger partial charge in [0.05, 0.1) is 0 Å². The lowest BCUT2D eigenvalue weighted by atomic mass is 10.3. The zero-order chi connectivity index (χ0) is 20.9. The van der Waals surface area contributed by atoms with Crippen molar-refractivity contribution in [1.82, 2.24) is 29.2 Å². The summed E-state index contributed by atoms with van der Waals surface area (Å²) in [5.41, 5.74) is 0.421. The molecule has 0 N–H and O–H groups in total. The average molecular weight is 416 g/mol. The summed E-state index contributed by atoms with van der Waals surface area (Å²) in [6.07, 6.45) is -2.98. The van der Waals surface area contributed by atoms with Crippen LogP contribution in [0.3, 0.4) is 0 Å². The fraction of sp³-hybridized carbons (Fsp3) is 0.278. The summed E-state index contributed by atoms with van der Waals surface area (Å²) in [5, 5.41) is 10.8. The molecule has 0 radical (unpaired) electrons. The maximum Gasteiger partial charge on any atom is 0.453 e. The smallest absolute Gasteiger partial charge is 0.353 e. The normalized spacial score (nSPS) is 15.3. The van der Waals surface area contributed by atoms with Crippen molar-refractivity contribution in [3.63, 3.8) is 0 Å². The van der Waals surface area contributed by atoms with E-state index in [0.29, 0.717) is 48.0 Å². The highest BCUT2D eigenvalue weighted by Gasteiger charge is 2.37. The second-order valence-electron chi connectivity index (χ2n) is 6.84. The monoisotopic (exact) mass is 416 g/mol. The third-order valence-corrected chi connectivity index (χ3v) is 4.99. The molecule has 1 aliphatic heterocycles.